The lowest BCUT2D eigenvalue weighted by Gasteiger charge is -2.25. The van der Waals surface area contributed by atoms with Gasteiger partial charge in [-0.05, 0) is 23.8 Å². The fourth-order valence-electron chi connectivity index (χ4n) is 2.80. The molecule has 7 heteroatoms. The lowest BCUT2D eigenvalue weighted by Crippen LogP contribution is -2.56. The molecule has 0 saturated heterocycles. The second-order valence-corrected chi connectivity index (χ2v) is 7.69. The van der Waals surface area contributed by atoms with E-state index in [9.17, 15) is 19.5 Å². The second-order valence-electron chi connectivity index (χ2n) is 7.69. The molecule has 7 nitrogen and oxygen atoms in total. The summed E-state index contributed by atoms with van der Waals surface area (Å²) >= 11 is 0. The van der Waals surface area contributed by atoms with Gasteiger partial charge in [0.1, 0.15) is 12.1 Å². The van der Waals surface area contributed by atoms with Crippen molar-refractivity contribution < 1.29 is 19.5 Å². The van der Waals surface area contributed by atoms with Gasteiger partial charge in [0, 0.05) is 6.42 Å². The highest BCUT2D eigenvalue weighted by Crippen LogP contribution is 2.10. The first kappa shape index (κ1) is 23.6. The summed E-state index contributed by atoms with van der Waals surface area (Å²) in [5.41, 5.74) is 6.85. The number of nitrogens with one attached hydrogen (secondary N) is 2. The maximum Gasteiger partial charge on any atom is 0.326 e. The molecule has 2 amide bonds. The van der Waals surface area contributed by atoms with Crippen LogP contribution in [0.4, 0.5) is 0 Å². The van der Waals surface area contributed by atoms with Crippen molar-refractivity contribution in [2.45, 2.75) is 65.1 Å². The maximum absolute atomic E-state index is 12.8. The zero-order valence-electron chi connectivity index (χ0n) is 17.1. The van der Waals surface area contributed by atoms with Gasteiger partial charge in [-0.15, -0.1) is 0 Å². The molecular formula is C21H33N3O4. The molecular weight excluding hydrogens is 358 g/mol. The SMILES string of the molecule is CC[C@H](C)[C@H](N)C(=O)N[C@@H](Cc1ccccc1)C(=O)N[C@@H](CC(C)C)C(=O)O. The van der Waals surface area contributed by atoms with Gasteiger partial charge in [0.2, 0.25) is 11.8 Å². The van der Waals surface area contributed by atoms with Crippen molar-refractivity contribution in [3.05, 3.63) is 35.9 Å². The number of carbonyl (C=O) groups is 3. The van der Waals surface area contributed by atoms with Gasteiger partial charge >= 0.3 is 5.97 Å². The minimum absolute atomic E-state index is 0.0341. The van der Waals surface area contributed by atoms with E-state index < -0.39 is 35.9 Å². The molecule has 156 valence electrons. The van der Waals surface area contributed by atoms with Crippen molar-refractivity contribution in [2.75, 3.05) is 0 Å². The van der Waals surface area contributed by atoms with Crippen LogP contribution in [0, 0.1) is 11.8 Å². The molecule has 1 aromatic rings. The van der Waals surface area contributed by atoms with E-state index >= 15 is 0 Å². The highest BCUT2D eigenvalue weighted by molar-refractivity contribution is 5.92. The van der Waals surface area contributed by atoms with Crippen LogP contribution in [0.5, 0.6) is 0 Å². The Morgan fingerprint density at radius 1 is 1.00 bits per heavy atom. The molecule has 1 rings (SSSR count). The molecule has 0 saturated carbocycles. The number of carboxylic acids is 1. The van der Waals surface area contributed by atoms with Gasteiger partial charge in [0.05, 0.1) is 6.04 Å². The van der Waals surface area contributed by atoms with E-state index in [0.717, 1.165) is 12.0 Å². The Morgan fingerprint density at radius 3 is 2.07 bits per heavy atom. The molecule has 0 aromatic heterocycles. The predicted molar refractivity (Wildman–Crippen MR) is 109 cm³/mol. The maximum atomic E-state index is 12.8. The molecule has 0 aliphatic heterocycles. The molecule has 5 N–H and O–H groups in total. The van der Waals surface area contributed by atoms with Crippen molar-refractivity contribution in [3.63, 3.8) is 0 Å². The van der Waals surface area contributed by atoms with Crippen LogP contribution in [0.2, 0.25) is 0 Å². The molecule has 0 heterocycles. The molecule has 4 atom stereocenters. The number of carboxylic acid groups (broad SMARTS) is 1. The molecule has 0 radical (unpaired) electrons. The van der Waals surface area contributed by atoms with Crippen LogP contribution >= 0.6 is 0 Å². The number of carbonyl (C=O) groups excluding carboxylic acids is 2. The van der Waals surface area contributed by atoms with Crippen LogP contribution in [0.15, 0.2) is 30.3 Å². The molecule has 0 fully saturated rings. The number of nitrogens with two attached hydrogens (primary N) is 1. The average molecular weight is 392 g/mol. The van der Waals surface area contributed by atoms with Crippen LogP contribution in [0.1, 0.15) is 46.1 Å². The largest absolute Gasteiger partial charge is 0.480 e. The Labute approximate surface area is 167 Å². The first-order chi connectivity index (χ1) is 13.1. The summed E-state index contributed by atoms with van der Waals surface area (Å²) in [6, 6.07) is 6.60. The molecule has 0 aliphatic rings. The van der Waals surface area contributed by atoms with Gasteiger partial charge in [-0.2, -0.15) is 0 Å². The number of hydrogen-bond donors (Lipinski definition) is 4. The lowest BCUT2D eigenvalue weighted by atomic mass is 9.98. The Hall–Kier alpha value is -2.41. The Balaban J connectivity index is 2.96. The van der Waals surface area contributed by atoms with Crippen molar-refractivity contribution in [3.8, 4) is 0 Å². The Morgan fingerprint density at radius 2 is 1.57 bits per heavy atom. The third-order valence-electron chi connectivity index (χ3n) is 4.80. The number of aliphatic carboxylic acids is 1. The van der Waals surface area contributed by atoms with E-state index in [-0.39, 0.29) is 18.3 Å². The van der Waals surface area contributed by atoms with Crippen LogP contribution in [0.25, 0.3) is 0 Å². The third kappa shape index (κ3) is 7.68. The van der Waals surface area contributed by atoms with E-state index in [1.807, 2.05) is 58.0 Å². The molecule has 28 heavy (non-hydrogen) atoms. The van der Waals surface area contributed by atoms with Crippen molar-refractivity contribution >= 4 is 17.8 Å². The molecule has 0 aliphatic carbocycles. The van der Waals surface area contributed by atoms with Crippen LogP contribution in [0.3, 0.4) is 0 Å². The number of hydrogen-bond acceptors (Lipinski definition) is 4. The Bertz CT molecular complexity index is 648. The number of benzene rings is 1. The summed E-state index contributed by atoms with van der Waals surface area (Å²) < 4.78 is 0. The standard InChI is InChI=1S/C21H33N3O4/c1-5-14(4)18(22)20(26)23-16(12-15-9-7-6-8-10-15)19(25)24-17(21(27)28)11-13(2)3/h6-10,13-14,16-18H,5,11-12,22H2,1-4H3,(H,23,26)(H,24,25)(H,27,28)/t14-,16-,17-,18-/m0/s1. The molecule has 0 unspecified atom stereocenters. The van der Waals surface area contributed by atoms with Crippen LogP contribution < -0.4 is 16.4 Å². The zero-order chi connectivity index (χ0) is 21.3. The summed E-state index contributed by atoms with van der Waals surface area (Å²) in [6.45, 7) is 7.59. The highest BCUT2D eigenvalue weighted by Gasteiger charge is 2.29. The lowest BCUT2D eigenvalue weighted by molar-refractivity contribution is -0.142. The van der Waals surface area contributed by atoms with Gasteiger partial charge in [-0.3, -0.25) is 9.59 Å². The first-order valence-electron chi connectivity index (χ1n) is 9.78. The summed E-state index contributed by atoms with van der Waals surface area (Å²) in [5, 5.41) is 14.7. The van der Waals surface area contributed by atoms with Crippen molar-refractivity contribution in [2.24, 2.45) is 17.6 Å². The molecule has 0 bridgehead atoms. The van der Waals surface area contributed by atoms with Crippen molar-refractivity contribution in [1.82, 2.24) is 10.6 Å². The zero-order valence-corrected chi connectivity index (χ0v) is 17.1. The average Bonchev–Trinajstić information content (AvgIpc) is 2.65. The van der Waals surface area contributed by atoms with Crippen molar-refractivity contribution in [1.29, 1.82) is 0 Å². The van der Waals surface area contributed by atoms with Gasteiger partial charge in [0.25, 0.3) is 0 Å². The number of rotatable bonds is 11. The highest BCUT2D eigenvalue weighted by atomic mass is 16.4. The Kier molecular flexibility index (Phi) is 9.65. The van der Waals surface area contributed by atoms with E-state index in [4.69, 9.17) is 5.73 Å². The predicted octanol–water partition coefficient (Wildman–Crippen LogP) is 1.70. The fraction of sp³-hybridized carbons (Fsp3) is 0.571. The molecule has 0 spiro atoms. The van der Waals surface area contributed by atoms with Gasteiger partial charge < -0.3 is 21.5 Å². The fourth-order valence-corrected chi connectivity index (χ4v) is 2.80. The number of amides is 2. The quantitative estimate of drug-likeness (QED) is 0.457. The minimum atomic E-state index is -1.09. The summed E-state index contributed by atoms with van der Waals surface area (Å²) in [6.07, 6.45) is 1.29. The molecule has 1 aromatic carbocycles. The van der Waals surface area contributed by atoms with Gasteiger partial charge in [-0.1, -0.05) is 64.4 Å². The van der Waals surface area contributed by atoms with Gasteiger partial charge in [-0.25, -0.2) is 4.79 Å². The summed E-state index contributed by atoms with van der Waals surface area (Å²) in [5.74, 6) is -1.97. The smallest absolute Gasteiger partial charge is 0.326 e. The van der Waals surface area contributed by atoms with E-state index in [2.05, 4.69) is 10.6 Å². The second kappa shape index (κ2) is 11.4. The summed E-state index contributed by atoms with van der Waals surface area (Å²) in [4.78, 5) is 36.8. The van der Waals surface area contributed by atoms with Crippen LogP contribution in [-0.4, -0.2) is 41.0 Å². The van der Waals surface area contributed by atoms with E-state index in [1.165, 1.54) is 0 Å². The van der Waals surface area contributed by atoms with E-state index in [1.54, 1.807) is 0 Å². The topological polar surface area (TPSA) is 122 Å². The normalized spacial score (nSPS) is 15.4. The summed E-state index contributed by atoms with van der Waals surface area (Å²) in [7, 11) is 0. The monoisotopic (exact) mass is 391 g/mol. The first-order valence-corrected chi connectivity index (χ1v) is 9.78. The van der Waals surface area contributed by atoms with Crippen LogP contribution in [-0.2, 0) is 20.8 Å². The van der Waals surface area contributed by atoms with Gasteiger partial charge in [0.15, 0.2) is 0 Å². The van der Waals surface area contributed by atoms with E-state index in [0.29, 0.717) is 6.42 Å². The third-order valence-corrected chi connectivity index (χ3v) is 4.80. The minimum Gasteiger partial charge on any atom is -0.480 e.